The van der Waals surface area contributed by atoms with Gasteiger partial charge < -0.3 is 10.6 Å². The quantitative estimate of drug-likeness (QED) is 0.716. The molecule has 0 aliphatic carbocycles. The Balaban J connectivity index is 2.88. The molecule has 3 nitrogen and oxygen atoms in total. The van der Waals surface area contributed by atoms with Crippen LogP contribution in [0.5, 0.6) is 0 Å². The molecule has 80 valence electrons. The van der Waals surface area contributed by atoms with Crippen LogP contribution in [0.4, 0.5) is 5.82 Å². The molecule has 15 heavy (non-hydrogen) atoms. The number of nitrogens with two attached hydrogens (primary N) is 1. The molecule has 0 saturated heterocycles. The van der Waals surface area contributed by atoms with Crippen LogP contribution >= 0.6 is 0 Å². The van der Waals surface area contributed by atoms with Crippen LogP contribution in [0.15, 0.2) is 43.6 Å². The van der Waals surface area contributed by atoms with E-state index in [4.69, 9.17) is 5.73 Å². The smallest absolute Gasteiger partial charge is 0.129 e. The zero-order chi connectivity index (χ0) is 11.1. The molecule has 2 N–H and O–H groups in total. The van der Waals surface area contributed by atoms with Gasteiger partial charge in [0.2, 0.25) is 0 Å². The maximum atomic E-state index is 5.58. The summed E-state index contributed by atoms with van der Waals surface area (Å²) in [7, 11) is 0. The van der Waals surface area contributed by atoms with Crippen molar-refractivity contribution in [2.24, 2.45) is 5.73 Å². The standard InChI is InChI=1S/C12H17N3/c1-3-7-15(8-4-2)12-9-11(10-13)5-6-14-12/h3-6,9H,1-2,7-8,10,13H2. The van der Waals surface area contributed by atoms with Crippen molar-refractivity contribution in [2.75, 3.05) is 18.0 Å². The fourth-order valence-electron chi connectivity index (χ4n) is 1.33. The van der Waals surface area contributed by atoms with Gasteiger partial charge in [0.05, 0.1) is 0 Å². The average molecular weight is 203 g/mol. The first kappa shape index (κ1) is 11.5. The zero-order valence-electron chi connectivity index (χ0n) is 8.89. The molecule has 0 amide bonds. The normalized spacial score (nSPS) is 9.67. The van der Waals surface area contributed by atoms with Crippen LogP contribution < -0.4 is 10.6 Å². The number of aromatic nitrogens is 1. The number of hydrogen-bond acceptors (Lipinski definition) is 3. The molecule has 1 rings (SSSR count). The lowest BCUT2D eigenvalue weighted by atomic mass is 10.2. The monoisotopic (exact) mass is 203 g/mol. The second kappa shape index (κ2) is 5.98. The van der Waals surface area contributed by atoms with E-state index in [1.807, 2.05) is 24.3 Å². The van der Waals surface area contributed by atoms with Crippen LogP contribution in [0.25, 0.3) is 0 Å². The van der Waals surface area contributed by atoms with E-state index in [0.717, 1.165) is 24.5 Å². The summed E-state index contributed by atoms with van der Waals surface area (Å²) in [6.07, 6.45) is 5.47. The van der Waals surface area contributed by atoms with Crippen LogP contribution in [0, 0.1) is 0 Å². The minimum Gasteiger partial charge on any atom is -0.349 e. The fraction of sp³-hybridized carbons (Fsp3) is 0.250. The third-order valence-electron chi connectivity index (χ3n) is 2.07. The Hall–Kier alpha value is -1.61. The van der Waals surface area contributed by atoms with Crippen molar-refractivity contribution in [1.82, 2.24) is 4.98 Å². The van der Waals surface area contributed by atoms with E-state index >= 15 is 0 Å². The van der Waals surface area contributed by atoms with Crippen molar-refractivity contribution in [1.29, 1.82) is 0 Å². The zero-order valence-corrected chi connectivity index (χ0v) is 8.89. The van der Waals surface area contributed by atoms with Gasteiger partial charge in [-0.2, -0.15) is 0 Å². The minimum atomic E-state index is 0.533. The van der Waals surface area contributed by atoms with Gasteiger partial charge in [0, 0.05) is 25.8 Å². The van der Waals surface area contributed by atoms with E-state index < -0.39 is 0 Å². The molecule has 0 fully saturated rings. The molecule has 1 aromatic heterocycles. The molecule has 1 heterocycles. The van der Waals surface area contributed by atoms with E-state index in [0.29, 0.717) is 6.54 Å². The Morgan fingerprint density at radius 2 is 2.00 bits per heavy atom. The summed E-state index contributed by atoms with van der Waals surface area (Å²) in [6, 6.07) is 3.91. The maximum absolute atomic E-state index is 5.58. The van der Waals surface area contributed by atoms with Crippen LogP contribution in [0.3, 0.4) is 0 Å². The van der Waals surface area contributed by atoms with Gasteiger partial charge in [-0.15, -0.1) is 13.2 Å². The number of pyridine rings is 1. The van der Waals surface area contributed by atoms with Crippen molar-refractivity contribution in [3.05, 3.63) is 49.2 Å². The summed E-state index contributed by atoms with van der Waals surface area (Å²) in [4.78, 5) is 6.38. The third kappa shape index (κ3) is 3.22. The van der Waals surface area contributed by atoms with Crippen molar-refractivity contribution < 1.29 is 0 Å². The summed E-state index contributed by atoms with van der Waals surface area (Å²) in [5, 5.41) is 0. The predicted molar refractivity (Wildman–Crippen MR) is 64.7 cm³/mol. The highest BCUT2D eigenvalue weighted by molar-refractivity contribution is 5.42. The molecule has 3 heteroatoms. The van der Waals surface area contributed by atoms with Crippen molar-refractivity contribution in [3.8, 4) is 0 Å². The summed E-state index contributed by atoms with van der Waals surface area (Å²) >= 11 is 0. The lowest BCUT2D eigenvalue weighted by Gasteiger charge is -2.20. The minimum absolute atomic E-state index is 0.533. The molecule has 1 aromatic rings. The first-order valence-electron chi connectivity index (χ1n) is 4.93. The van der Waals surface area contributed by atoms with E-state index in [-0.39, 0.29) is 0 Å². The highest BCUT2D eigenvalue weighted by atomic mass is 15.2. The van der Waals surface area contributed by atoms with Crippen molar-refractivity contribution in [3.63, 3.8) is 0 Å². The van der Waals surface area contributed by atoms with Crippen LogP contribution in [-0.2, 0) is 6.54 Å². The van der Waals surface area contributed by atoms with Gasteiger partial charge in [-0.25, -0.2) is 4.98 Å². The molecule has 0 spiro atoms. The topological polar surface area (TPSA) is 42.1 Å². The van der Waals surface area contributed by atoms with Gasteiger partial charge >= 0.3 is 0 Å². The fourth-order valence-corrected chi connectivity index (χ4v) is 1.33. The first-order chi connectivity index (χ1) is 7.31. The van der Waals surface area contributed by atoms with Crippen molar-refractivity contribution in [2.45, 2.75) is 6.54 Å². The van der Waals surface area contributed by atoms with Crippen molar-refractivity contribution >= 4 is 5.82 Å². The largest absolute Gasteiger partial charge is 0.349 e. The summed E-state index contributed by atoms with van der Waals surface area (Å²) in [6.45, 7) is 9.49. The highest BCUT2D eigenvalue weighted by Gasteiger charge is 2.04. The van der Waals surface area contributed by atoms with Gasteiger partial charge in [-0.3, -0.25) is 0 Å². The average Bonchev–Trinajstić information content (AvgIpc) is 2.29. The van der Waals surface area contributed by atoms with E-state index in [9.17, 15) is 0 Å². The molecule has 0 bridgehead atoms. The molecular weight excluding hydrogens is 186 g/mol. The number of nitrogens with zero attached hydrogens (tertiary/aromatic N) is 2. The Morgan fingerprint density at radius 1 is 1.33 bits per heavy atom. The van der Waals surface area contributed by atoms with Gasteiger partial charge in [0.15, 0.2) is 0 Å². The second-order valence-corrected chi connectivity index (χ2v) is 3.21. The van der Waals surface area contributed by atoms with Gasteiger partial charge in [0.1, 0.15) is 5.82 Å². The lowest BCUT2D eigenvalue weighted by molar-refractivity contribution is 0.918. The Labute approximate surface area is 90.9 Å². The first-order valence-corrected chi connectivity index (χ1v) is 4.93. The number of anilines is 1. The predicted octanol–water partition coefficient (Wildman–Crippen LogP) is 1.72. The van der Waals surface area contributed by atoms with Gasteiger partial charge in [-0.1, -0.05) is 12.2 Å². The molecular formula is C12H17N3. The molecule has 0 aliphatic rings. The summed E-state index contributed by atoms with van der Waals surface area (Å²) in [5.41, 5.74) is 6.66. The van der Waals surface area contributed by atoms with Crippen LogP contribution in [0.2, 0.25) is 0 Å². The number of hydrogen-bond donors (Lipinski definition) is 1. The highest BCUT2D eigenvalue weighted by Crippen LogP contribution is 2.12. The van der Waals surface area contributed by atoms with Gasteiger partial charge in [-0.05, 0) is 17.7 Å². The Kier molecular flexibility index (Phi) is 4.57. The molecule has 0 aliphatic heterocycles. The maximum Gasteiger partial charge on any atom is 0.129 e. The molecule has 0 aromatic carbocycles. The van der Waals surface area contributed by atoms with Crippen LogP contribution in [-0.4, -0.2) is 18.1 Å². The molecule has 0 atom stereocenters. The molecule has 0 saturated carbocycles. The SMILES string of the molecule is C=CCN(CC=C)c1cc(CN)ccn1. The van der Waals surface area contributed by atoms with Crippen LogP contribution in [0.1, 0.15) is 5.56 Å². The third-order valence-corrected chi connectivity index (χ3v) is 2.07. The number of rotatable bonds is 6. The van der Waals surface area contributed by atoms with E-state index in [1.54, 1.807) is 6.20 Å². The summed E-state index contributed by atoms with van der Waals surface area (Å²) in [5.74, 6) is 0.915. The van der Waals surface area contributed by atoms with E-state index in [2.05, 4.69) is 23.0 Å². The second-order valence-electron chi connectivity index (χ2n) is 3.21. The lowest BCUT2D eigenvalue weighted by Crippen LogP contribution is -2.24. The van der Waals surface area contributed by atoms with Gasteiger partial charge in [0.25, 0.3) is 0 Å². The van der Waals surface area contributed by atoms with E-state index in [1.165, 1.54) is 0 Å². The Morgan fingerprint density at radius 3 is 2.53 bits per heavy atom. The summed E-state index contributed by atoms with van der Waals surface area (Å²) < 4.78 is 0. The molecule has 0 radical (unpaired) electrons. The Bertz CT molecular complexity index is 323. The molecule has 0 unspecified atom stereocenters.